The number of nitrogens with one attached hydrogen (secondary N) is 1. The van der Waals surface area contributed by atoms with Crippen molar-refractivity contribution in [2.75, 3.05) is 0 Å². The highest BCUT2D eigenvalue weighted by Crippen LogP contribution is 2.26. The van der Waals surface area contributed by atoms with Gasteiger partial charge in [-0.05, 0) is 40.0 Å². The van der Waals surface area contributed by atoms with Gasteiger partial charge in [0.15, 0.2) is 0 Å². The fourth-order valence-electron chi connectivity index (χ4n) is 1.63. The fraction of sp³-hybridized carbons (Fsp3) is 0.214. The van der Waals surface area contributed by atoms with E-state index in [1.54, 1.807) is 36.0 Å². The molecule has 0 atom stereocenters. The molecule has 6 heteroatoms. The van der Waals surface area contributed by atoms with Gasteiger partial charge in [-0.25, -0.2) is 5.43 Å². The van der Waals surface area contributed by atoms with Crippen LogP contribution in [0.5, 0.6) is 0 Å². The average molecular weight is 352 g/mol. The molecule has 1 N–H and O–H groups in total. The Labute approximate surface area is 130 Å². The smallest absolute Gasteiger partial charge is 0.244 e. The molecular weight excluding hydrogens is 338 g/mol. The van der Waals surface area contributed by atoms with Gasteiger partial charge in [0.05, 0.1) is 12.6 Å². The summed E-state index contributed by atoms with van der Waals surface area (Å²) < 4.78 is 1.09. The maximum absolute atomic E-state index is 11.7. The number of rotatable bonds is 5. The van der Waals surface area contributed by atoms with Crippen molar-refractivity contribution in [2.45, 2.75) is 19.8 Å². The van der Waals surface area contributed by atoms with Gasteiger partial charge in [0.1, 0.15) is 0 Å². The number of thiophene rings is 1. The van der Waals surface area contributed by atoms with Gasteiger partial charge in [-0.2, -0.15) is 5.10 Å². The van der Waals surface area contributed by atoms with E-state index in [-0.39, 0.29) is 12.3 Å². The maximum Gasteiger partial charge on any atom is 0.244 e. The van der Waals surface area contributed by atoms with Gasteiger partial charge in [-0.3, -0.25) is 9.78 Å². The molecule has 4 nitrogen and oxygen atoms in total. The van der Waals surface area contributed by atoms with E-state index in [4.69, 9.17) is 0 Å². The van der Waals surface area contributed by atoms with Crippen molar-refractivity contribution in [2.24, 2.45) is 5.10 Å². The lowest BCUT2D eigenvalue weighted by molar-refractivity contribution is -0.120. The van der Waals surface area contributed by atoms with Crippen LogP contribution < -0.4 is 5.43 Å². The molecule has 2 heterocycles. The number of amides is 1. The van der Waals surface area contributed by atoms with Crippen molar-refractivity contribution < 1.29 is 4.79 Å². The zero-order valence-electron chi connectivity index (χ0n) is 11.0. The summed E-state index contributed by atoms with van der Waals surface area (Å²) in [7, 11) is 0. The number of pyridine rings is 1. The Morgan fingerprint density at radius 1 is 1.60 bits per heavy atom. The number of aryl methyl sites for hydroxylation is 1. The number of hydrogen-bond donors (Lipinski definition) is 1. The third kappa shape index (κ3) is 4.25. The van der Waals surface area contributed by atoms with Crippen LogP contribution in [0.25, 0.3) is 0 Å². The largest absolute Gasteiger partial charge is 0.273 e. The normalized spacial score (nSPS) is 10.9. The van der Waals surface area contributed by atoms with Crippen LogP contribution in [0.3, 0.4) is 0 Å². The molecular formula is C14H14BrN3OS. The van der Waals surface area contributed by atoms with Gasteiger partial charge in [0, 0.05) is 26.6 Å². The van der Waals surface area contributed by atoms with Gasteiger partial charge >= 0.3 is 0 Å². The van der Waals surface area contributed by atoms with Crippen LogP contribution in [0.15, 0.2) is 40.2 Å². The summed E-state index contributed by atoms with van der Waals surface area (Å²) >= 11 is 5.15. The quantitative estimate of drug-likeness (QED) is 0.664. The summed E-state index contributed by atoms with van der Waals surface area (Å²) in [5.74, 6) is -0.152. The molecule has 2 rings (SSSR count). The Kier molecular flexibility index (Phi) is 5.43. The molecule has 2 aromatic heterocycles. The van der Waals surface area contributed by atoms with Crippen LogP contribution >= 0.6 is 27.3 Å². The molecule has 1 amide bonds. The molecule has 0 saturated carbocycles. The molecule has 0 aliphatic heterocycles. The lowest BCUT2D eigenvalue weighted by Crippen LogP contribution is -2.19. The van der Waals surface area contributed by atoms with E-state index in [0.717, 1.165) is 21.3 Å². The van der Waals surface area contributed by atoms with Gasteiger partial charge in [0.2, 0.25) is 5.91 Å². The molecule has 0 spiro atoms. The summed E-state index contributed by atoms with van der Waals surface area (Å²) in [6, 6.07) is 5.67. The van der Waals surface area contributed by atoms with Gasteiger partial charge < -0.3 is 0 Å². The Morgan fingerprint density at radius 2 is 2.45 bits per heavy atom. The van der Waals surface area contributed by atoms with Crippen molar-refractivity contribution in [3.05, 3.63) is 50.4 Å². The molecule has 0 aromatic carbocycles. The molecule has 0 bridgehead atoms. The van der Waals surface area contributed by atoms with Gasteiger partial charge in [0.25, 0.3) is 0 Å². The second-order valence-corrected chi connectivity index (χ2v) is 6.13. The van der Waals surface area contributed by atoms with Crippen LogP contribution in [-0.4, -0.2) is 17.1 Å². The van der Waals surface area contributed by atoms with E-state index < -0.39 is 0 Å². The molecule has 0 aliphatic rings. The van der Waals surface area contributed by atoms with E-state index in [0.29, 0.717) is 0 Å². The predicted molar refractivity (Wildman–Crippen MR) is 85.1 cm³/mol. The predicted octanol–water partition coefficient (Wildman–Crippen LogP) is 3.16. The minimum atomic E-state index is -0.152. The van der Waals surface area contributed by atoms with Crippen molar-refractivity contribution in [3.63, 3.8) is 0 Å². The Morgan fingerprint density at radius 3 is 3.10 bits per heavy atom. The van der Waals surface area contributed by atoms with Crippen molar-refractivity contribution in [3.8, 4) is 0 Å². The van der Waals surface area contributed by atoms with Crippen LogP contribution in [0.1, 0.15) is 22.2 Å². The number of carbonyl (C=O) groups is 1. The lowest BCUT2D eigenvalue weighted by Gasteiger charge is -1.98. The second kappa shape index (κ2) is 7.31. The number of hydrogen-bond acceptors (Lipinski definition) is 4. The van der Waals surface area contributed by atoms with Crippen molar-refractivity contribution >= 4 is 39.4 Å². The molecule has 0 aliphatic carbocycles. The first-order valence-electron chi connectivity index (χ1n) is 6.18. The third-order valence-electron chi connectivity index (χ3n) is 2.57. The zero-order chi connectivity index (χ0) is 14.4. The third-order valence-corrected chi connectivity index (χ3v) is 4.75. The minimum Gasteiger partial charge on any atom is -0.273 e. The summed E-state index contributed by atoms with van der Waals surface area (Å²) in [4.78, 5) is 17.9. The summed E-state index contributed by atoms with van der Waals surface area (Å²) in [6.45, 7) is 2.10. The van der Waals surface area contributed by atoms with Gasteiger partial charge in [-0.15, -0.1) is 11.3 Å². The number of nitrogens with zero attached hydrogens (tertiary/aromatic N) is 2. The molecule has 0 fully saturated rings. The van der Waals surface area contributed by atoms with Crippen molar-refractivity contribution in [1.82, 2.24) is 10.4 Å². The maximum atomic E-state index is 11.7. The minimum absolute atomic E-state index is 0.152. The summed E-state index contributed by atoms with van der Waals surface area (Å²) in [5.41, 5.74) is 3.39. The zero-order valence-corrected chi connectivity index (χ0v) is 13.4. The standard InChI is InChI=1S/C14H14BrN3OS/c1-2-13-12(15)7-11(20-13)9-17-18-14(19)6-10-4-3-5-16-8-10/h3-5,7-9H,2,6H2,1H3,(H,18,19)/b17-9-. The SMILES string of the molecule is CCc1sc(/C=N\NC(=O)Cc2cccnc2)cc1Br. The van der Waals surface area contributed by atoms with E-state index in [9.17, 15) is 4.79 Å². The second-order valence-electron chi connectivity index (χ2n) is 4.10. The lowest BCUT2D eigenvalue weighted by atomic mass is 10.2. The molecule has 0 radical (unpaired) electrons. The summed E-state index contributed by atoms with van der Waals surface area (Å²) in [6.07, 6.45) is 6.27. The molecule has 0 unspecified atom stereocenters. The van der Waals surface area contributed by atoms with Crippen molar-refractivity contribution in [1.29, 1.82) is 0 Å². The average Bonchev–Trinajstić information content (AvgIpc) is 2.80. The number of hydrazone groups is 1. The molecule has 0 saturated heterocycles. The Balaban J connectivity index is 1.88. The highest BCUT2D eigenvalue weighted by atomic mass is 79.9. The van der Waals surface area contributed by atoms with Crippen LogP contribution in [0.4, 0.5) is 0 Å². The first-order chi connectivity index (χ1) is 9.69. The van der Waals surface area contributed by atoms with Crippen LogP contribution in [0.2, 0.25) is 0 Å². The fourth-order valence-corrected chi connectivity index (χ4v) is 3.41. The summed E-state index contributed by atoms with van der Waals surface area (Å²) in [5, 5.41) is 3.97. The first-order valence-corrected chi connectivity index (χ1v) is 7.79. The van der Waals surface area contributed by atoms with E-state index in [2.05, 4.69) is 38.4 Å². The number of halogens is 1. The van der Waals surface area contributed by atoms with Crippen LogP contribution in [0, 0.1) is 0 Å². The highest BCUT2D eigenvalue weighted by molar-refractivity contribution is 9.10. The monoisotopic (exact) mass is 351 g/mol. The molecule has 2 aromatic rings. The molecule has 104 valence electrons. The Hall–Kier alpha value is -1.53. The van der Waals surface area contributed by atoms with Gasteiger partial charge in [-0.1, -0.05) is 13.0 Å². The Bertz CT molecular complexity index is 610. The van der Waals surface area contributed by atoms with E-state index in [1.165, 1.54) is 4.88 Å². The van der Waals surface area contributed by atoms with E-state index in [1.807, 2.05) is 12.1 Å². The highest BCUT2D eigenvalue weighted by Gasteiger charge is 2.04. The first kappa shape index (κ1) is 14.9. The molecule has 20 heavy (non-hydrogen) atoms. The number of aromatic nitrogens is 1. The topological polar surface area (TPSA) is 54.4 Å². The van der Waals surface area contributed by atoms with E-state index >= 15 is 0 Å². The van der Waals surface area contributed by atoms with Crippen LogP contribution in [-0.2, 0) is 17.6 Å². The number of carbonyl (C=O) groups excluding carboxylic acids is 1.